The fourth-order valence-corrected chi connectivity index (χ4v) is 1.22. The van der Waals surface area contributed by atoms with Crippen LogP contribution >= 0.6 is 0 Å². The number of carbonyl (C=O) groups excluding carboxylic acids is 1. The summed E-state index contributed by atoms with van der Waals surface area (Å²) in [6.07, 6.45) is 5.24. The number of ether oxygens (including phenoxy) is 1. The number of carbonyl (C=O) groups is 1. The Hall–Kier alpha value is -0.530. The van der Waals surface area contributed by atoms with E-state index in [1.807, 2.05) is 0 Å². The van der Waals surface area contributed by atoms with Gasteiger partial charge in [-0.1, -0.05) is 19.8 Å². The summed E-state index contributed by atoms with van der Waals surface area (Å²) >= 11 is 0. The number of hydrogen-bond donors (Lipinski definition) is 0. The Labute approximate surface area is 61.6 Å². The molecule has 0 spiro atoms. The second-order valence-electron chi connectivity index (χ2n) is 2.79. The Balaban J connectivity index is 2.12. The second kappa shape index (κ2) is 3.59. The summed E-state index contributed by atoms with van der Waals surface area (Å²) in [7, 11) is 0. The molecule has 0 radical (unpaired) electrons. The average Bonchev–Trinajstić information content (AvgIpc) is 2.31. The molecule has 1 aliphatic heterocycles. The Bertz CT molecular complexity index is 120. The fraction of sp³-hybridized carbons (Fsp3) is 0.875. The molecule has 0 aliphatic carbocycles. The predicted molar refractivity (Wildman–Crippen MR) is 38.6 cm³/mol. The van der Waals surface area contributed by atoms with E-state index in [0.717, 1.165) is 12.8 Å². The van der Waals surface area contributed by atoms with Crippen LogP contribution in [-0.2, 0) is 9.53 Å². The SMILES string of the molecule is CCCC[C@H]1CCC(=O)O1. The summed E-state index contributed by atoms with van der Waals surface area (Å²) in [6, 6.07) is 0. The zero-order chi connectivity index (χ0) is 7.40. The van der Waals surface area contributed by atoms with E-state index in [-0.39, 0.29) is 12.1 Å². The quantitative estimate of drug-likeness (QED) is 0.562. The van der Waals surface area contributed by atoms with Gasteiger partial charge in [-0.2, -0.15) is 0 Å². The Morgan fingerprint density at radius 1 is 1.70 bits per heavy atom. The standard InChI is InChI=1S/C8H14O2/c1-2-3-4-7-5-6-8(9)10-7/h7H,2-6H2,1H3/t7-/m0/s1. The third-order valence-corrected chi connectivity index (χ3v) is 1.85. The van der Waals surface area contributed by atoms with Crippen molar-refractivity contribution in [1.82, 2.24) is 0 Å². The van der Waals surface area contributed by atoms with Gasteiger partial charge in [0.25, 0.3) is 0 Å². The lowest BCUT2D eigenvalue weighted by Gasteiger charge is -2.06. The molecule has 1 atom stereocenters. The third kappa shape index (κ3) is 2.01. The van der Waals surface area contributed by atoms with Gasteiger partial charge >= 0.3 is 5.97 Å². The van der Waals surface area contributed by atoms with Crippen molar-refractivity contribution in [3.63, 3.8) is 0 Å². The maximum atomic E-state index is 10.6. The molecular formula is C8H14O2. The van der Waals surface area contributed by atoms with E-state index in [0.29, 0.717) is 6.42 Å². The van der Waals surface area contributed by atoms with Crippen LogP contribution in [0, 0.1) is 0 Å². The molecular weight excluding hydrogens is 128 g/mol. The molecule has 58 valence electrons. The molecule has 0 N–H and O–H groups in total. The van der Waals surface area contributed by atoms with Crippen LogP contribution in [0.1, 0.15) is 39.0 Å². The molecule has 1 fully saturated rings. The Morgan fingerprint density at radius 3 is 3.00 bits per heavy atom. The monoisotopic (exact) mass is 142 g/mol. The van der Waals surface area contributed by atoms with Crippen molar-refractivity contribution in [3.8, 4) is 0 Å². The van der Waals surface area contributed by atoms with Gasteiger partial charge in [0.05, 0.1) is 0 Å². The number of rotatable bonds is 3. The van der Waals surface area contributed by atoms with Crippen LogP contribution < -0.4 is 0 Å². The van der Waals surface area contributed by atoms with Crippen molar-refractivity contribution in [2.75, 3.05) is 0 Å². The van der Waals surface area contributed by atoms with Gasteiger partial charge in [0, 0.05) is 6.42 Å². The topological polar surface area (TPSA) is 26.3 Å². The molecule has 0 aromatic carbocycles. The maximum absolute atomic E-state index is 10.6. The molecule has 1 aliphatic rings. The normalized spacial score (nSPS) is 24.9. The van der Waals surface area contributed by atoms with Gasteiger partial charge in [-0.05, 0) is 12.8 Å². The fourth-order valence-electron chi connectivity index (χ4n) is 1.22. The molecule has 0 unspecified atom stereocenters. The minimum absolute atomic E-state index is 0.0129. The summed E-state index contributed by atoms with van der Waals surface area (Å²) in [4.78, 5) is 10.6. The van der Waals surface area contributed by atoms with Crippen LogP contribution in [0.15, 0.2) is 0 Å². The zero-order valence-corrected chi connectivity index (χ0v) is 6.43. The highest BCUT2D eigenvalue weighted by molar-refractivity contribution is 5.71. The van der Waals surface area contributed by atoms with Crippen molar-refractivity contribution >= 4 is 5.97 Å². The van der Waals surface area contributed by atoms with E-state index >= 15 is 0 Å². The maximum Gasteiger partial charge on any atom is 0.306 e. The number of hydrogen-bond acceptors (Lipinski definition) is 2. The summed E-state index contributed by atoms with van der Waals surface area (Å²) < 4.78 is 5.02. The first-order valence-electron chi connectivity index (χ1n) is 4.02. The highest BCUT2D eigenvalue weighted by Crippen LogP contribution is 2.18. The molecule has 1 rings (SSSR count). The Kier molecular flexibility index (Phi) is 2.72. The Morgan fingerprint density at radius 2 is 2.50 bits per heavy atom. The summed E-state index contributed by atoms with van der Waals surface area (Å²) in [5, 5.41) is 0. The second-order valence-corrected chi connectivity index (χ2v) is 2.79. The molecule has 0 aromatic heterocycles. The molecule has 0 aromatic rings. The molecule has 0 amide bonds. The van der Waals surface area contributed by atoms with Crippen molar-refractivity contribution in [1.29, 1.82) is 0 Å². The third-order valence-electron chi connectivity index (χ3n) is 1.85. The molecule has 1 saturated heterocycles. The minimum Gasteiger partial charge on any atom is -0.462 e. The first kappa shape index (κ1) is 7.58. The number of unbranched alkanes of at least 4 members (excludes halogenated alkanes) is 1. The van der Waals surface area contributed by atoms with Crippen LogP contribution in [0.2, 0.25) is 0 Å². The van der Waals surface area contributed by atoms with Gasteiger partial charge in [-0.3, -0.25) is 4.79 Å². The van der Waals surface area contributed by atoms with Crippen molar-refractivity contribution in [2.45, 2.75) is 45.1 Å². The van der Waals surface area contributed by atoms with Crippen molar-refractivity contribution in [2.24, 2.45) is 0 Å². The number of esters is 1. The smallest absolute Gasteiger partial charge is 0.306 e. The predicted octanol–water partition coefficient (Wildman–Crippen LogP) is 1.88. The van der Waals surface area contributed by atoms with Gasteiger partial charge in [-0.25, -0.2) is 0 Å². The highest BCUT2D eigenvalue weighted by Gasteiger charge is 2.21. The van der Waals surface area contributed by atoms with Gasteiger partial charge < -0.3 is 4.74 Å². The molecule has 10 heavy (non-hydrogen) atoms. The van der Waals surface area contributed by atoms with Crippen molar-refractivity contribution < 1.29 is 9.53 Å². The van der Waals surface area contributed by atoms with Crippen LogP contribution in [0.5, 0.6) is 0 Å². The lowest BCUT2D eigenvalue weighted by molar-refractivity contribution is -0.141. The summed E-state index contributed by atoms with van der Waals surface area (Å²) in [6.45, 7) is 2.15. The van der Waals surface area contributed by atoms with E-state index in [4.69, 9.17) is 4.74 Å². The zero-order valence-electron chi connectivity index (χ0n) is 6.43. The van der Waals surface area contributed by atoms with Gasteiger partial charge in [-0.15, -0.1) is 0 Å². The van der Waals surface area contributed by atoms with E-state index < -0.39 is 0 Å². The van der Waals surface area contributed by atoms with Gasteiger partial charge in [0.2, 0.25) is 0 Å². The first-order chi connectivity index (χ1) is 4.83. The highest BCUT2D eigenvalue weighted by atomic mass is 16.5. The molecule has 2 heteroatoms. The van der Waals surface area contributed by atoms with E-state index in [9.17, 15) is 4.79 Å². The lowest BCUT2D eigenvalue weighted by atomic mass is 10.1. The summed E-state index contributed by atoms with van der Waals surface area (Å²) in [5.41, 5.74) is 0. The molecule has 1 heterocycles. The van der Waals surface area contributed by atoms with E-state index in [1.54, 1.807) is 0 Å². The van der Waals surface area contributed by atoms with Crippen LogP contribution in [0.4, 0.5) is 0 Å². The van der Waals surface area contributed by atoms with Gasteiger partial charge in [0.15, 0.2) is 0 Å². The average molecular weight is 142 g/mol. The van der Waals surface area contributed by atoms with Crippen LogP contribution in [-0.4, -0.2) is 12.1 Å². The van der Waals surface area contributed by atoms with E-state index in [1.165, 1.54) is 12.8 Å². The van der Waals surface area contributed by atoms with Gasteiger partial charge in [0.1, 0.15) is 6.10 Å². The minimum atomic E-state index is -0.0129. The largest absolute Gasteiger partial charge is 0.462 e. The lowest BCUT2D eigenvalue weighted by Crippen LogP contribution is -2.05. The molecule has 0 saturated carbocycles. The van der Waals surface area contributed by atoms with E-state index in [2.05, 4.69) is 6.92 Å². The van der Waals surface area contributed by atoms with Crippen molar-refractivity contribution in [3.05, 3.63) is 0 Å². The summed E-state index contributed by atoms with van der Waals surface area (Å²) in [5.74, 6) is -0.0129. The molecule has 2 nitrogen and oxygen atoms in total. The number of cyclic esters (lactones) is 1. The van der Waals surface area contributed by atoms with Crippen LogP contribution in [0.3, 0.4) is 0 Å². The molecule has 0 bridgehead atoms. The van der Waals surface area contributed by atoms with Crippen LogP contribution in [0.25, 0.3) is 0 Å². The first-order valence-corrected chi connectivity index (χ1v) is 4.02.